The van der Waals surface area contributed by atoms with Crippen LogP contribution >= 0.6 is 36.2 Å². The molecule has 0 aromatic carbocycles. The quantitative estimate of drug-likeness (QED) is 0.866. The molecule has 2 heterocycles. The van der Waals surface area contributed by atoms with Crippen molar-refractivity contribution in [3.63, 3.8) is 0 Å². The van der Waals surface area contributed by atoms with Gasteiger partial charge >= 0.3 is 0 Å². The summed E-state index contributed by atoms with van der Waals surface area (Å²) in [6.07, 6.45) is 2.85. The molecule has 0 bridgehead atoms. The highest BCUT2D eigenvalue weighted by Crippen LogP contribution is 2.17. The molecule has 2 rings (SSSR count). The largest absolute Gasteiger partial charge is 0.351 e. The van der Waals surface area contributed by atoms with E-state index in [9.17, 15) is 4.79 Å². The highest BCUT2D eigenvalue weighted by molar-refractivity contribution is 7.11. The van der Waals surface area contributed by atoms with Crippen molar-refractivity contribution in [3.05, 3.63) is 15.6 Å². The number of aromatic nitrogens is 1. The fraction of sp³-hybridized carbons (Fsp3) is 0.692. The molecule has 1 aromatic heterocycles. The van der Waals surface area contributed by atoms with Crippen LogP contribution < -0.4 is 10.6 Å². The van der Waals surface area contributed by atoms with Gasteiger partial charge in [-0.1, -0.05) is 0 Å². The molecule has 1 saturated heterocycles. The third-order valence-electron chi connectivity index (χ3n) is 3.39. The monoisotopic (exact) mass is 339 g/mol. The number of nitrogens with zero attached hydrogens (tertiary/aromatic N) is 1. The zero-order chi connectivity index (χ0) is 13.0. The Morgan fingerprint density at radius 3 is 2.75 bits per heavy atom. The van der Waals surface area contributed by atoms with E-state index in [1.165, 1.54) is 11.3 Å². The van der Waals surface area contributed by atoms with Crippen molar-refractivity contribution in [2.45, 2.75) is 39.7 Å². The lowest BCUT2D eigenvalue weighted by Crippen LogP contribution is -2.23. The second kappa shape index (κ2) is 9.55. The van der Waals surface area contributed by atoms with Gasteiger partial charge in [-0.25, -0.2) is 4.98 Å². The van der Waals surface area contributed by atoms with Crippen molar-refractivity contribution in [1.82, 2.24) is 15.6 Å². The second-order valence-corrected chi connectivity index (χ2v) is 6.20. The van der Waals surface area contributed by atoms with Crippen LogP contribution in [0.2, 0.25) is 0 Å². The number of halogens is 2. The third-order valence-corrected chi connectivity index (χ3v) is 4.46. The highest BCUT2D eigenvalue weighted by atomic mass is 35.5. The highest BCUT2D eigenvalue weighted by Gasteiger charge is 2.15. The van der Waals surface area contributed by atoms with Crippen molar-refractivity contribution < 1.29 is 4.79 Å². The summed E-state index contributed by atoms with van der Waals surface area (Å²) in [6.45, 7) is 6.79. The van der Waals surface area contributed by atoms with Crippen LogP contribution in [0, 0.1) is 19.8 Å². The number of carbonyl (C=O) groups excluding carboxylic acids is 1. The molecule has 1 aliphatic rings. The molecular weight excluding hydrogens is 317 g/mol. The molecule has 1 fully saturated rings. The predicted octanol–water partition coefficient (Wildman–Crippen LogP) is 2.61. The summed E-state index contributed by atoms with van der Waals surface area (Å²) in [7, 11) is 0. The number of rotatable bonds is 5. The number of carbonyl (C=O) groups is 1. The van der Waals surface area contributed by atoms with E-state index >= 15 is 0 Å². The van der Waals surface area contributed by atoms with E-state index in [0.717, 1.165) is 30.2 Å². The van der Waals surface area contributed by atoms with Gasteiger partial charge in [0.15, 0.2) is 0 Å². The van der Waals surface area contributed by atoms with E-state index in [2.05, 4.69) is 15.6 Å². The molecule has 1 unspecified atom stereocenters. The number of thiazole rings is 1. The van der Waals surface area contributed by atoms with E-state index in [-0.39, 0.29) is 30.7 Å². The first-order valence-electron chi connectivity index (χ1n) is 6.55. The summed E-state index contributed by atoms with van der Waals surface area (Å²) in [4.78, 5) is 17.3. The molecule has 7 heteroatoms. The molecule has 1 aliphatic heterocycles. The first kappa shape index (κ1) is 19.6. The normalized spacial score (nSPS) is 17.2. The van der Waals surface area contributed by atoms with Crippen molar-refractivity contribution in [3.8, 4) is 0 Å². The van der Waals surface area contributed by atoms with Gasteiger partial charge in [-0.3, -0.25) is 4.79 Å². The molecule has 2 N–H and O–H groups in total. The minimum Gasteiger partial charge on any atom is -0.351 e. The maximum atomic E-state index is 11.7. The van der Waals surface area contributed by atoms with Crippen LogP contribution in [0.3, 0.4) is 0 Å². The smallest absolute Gasteiger partial charge is 0.220 e. The summed E-state index contributed by atoms with van der Waals surface area (Å²) in [5, 5.41) is 7.38. The summed E-state index contributed by atoms with van der Waals surface area (Å²) >= 11 is 1.66. The lowest BCUT2D eigenvalue weighted by Gasteiger charge is -2.08. The molecule has 0 spiro atoms. The number of amides is 1. The van der Waals surface area contributed by atoms with Crippen molar-refractivity contribution in [2.75, 3.05) is 13.1 Å². The maximum Gasteiger partial charge on any atom is 0.220 e. The minimum atomic E-state index is 0. The summed E-state index contributed by atoms with van der Waals surface area (Å²) in [5.74, 6) is 0.843. The van der Waals surface area contributed by atoms with Gasteiger partial charge in [0.1, 0.15) is 0 Å². The second-order valence-electron chi connectivity index (χ2n) is 4.92. The lowest BCUT2D eigenvalue weighted by molar-refractivity contribution is -0.121. The third kappa shape index (κ3) is 5.95. The van der Waals surface area contributed by atoms with Crippen LogP contribution in [0.25, 0.3) is 0 Å². The molecule has 116 valence electrons. The van der Waals surface area contributed by atoms with E-state index < -0.39 is 0 Å². The first-order chi connectivity index (χ1) is 8.65. The average Bonchev–Trinajstić information content (AvgIpc) is 2.94. The van der Waals surface area contributed by atoms with E-state index in [1.54, 1.807) is 11.3 Å². The first-order valence-corrected chi connectivity index (χ1v) is 7.37. The number of hydrogen-bond acceptors (Lipinski definition) is 4. The fourth-order valence-corrected chi connectivity index (χ4v) is 3.18. The molecule has 0 radical (unpaired) electrons. The molecule has 1 aromatic rings. The maximum absolute atomic E-state index is 11.7. The Kier molecular flexibility index (Phi) is 9.38. The zero-order valence-corrected chi connectivity index (χ0v) is 14.3. The van der Waals surface area contributed by atoms with Crippen molar-refractivity contribution in [1.29, 1.82) is 0 Å². The van der Waals surface area contributed by atoms with E-state index in [1.807, 2.05) is 13.8 Å². The van der Waals surface area contributed by atoms with Gasteiger partial charge in [-0.2, -0.15) is 0 Å². The van der Waals surface area contributed by atoms with Gasteiger partial charge in [0.05, 0.1) is 17.2 Å². The standard InChI is InChI=1S/C13H21N3OS.2ClH/c1-9-12(18-10(2)16-9)8-15-13(17)4-3-11-5-6-14-7-11;;/h11,14H,3-8H2,1-2H3,(H,15,17);2*1H. The van der Waals surface area contributed by atoms with Gasteiger partial charge in [0, 0.05) is 11.3 Å². The summed E-state index contributed by atoms with van der Waals surface area (Å²) < 4.78 is 0. The van der Waals surface area contributed by atoms with Crippen LogP contribution in [0.15, 0.2) is 0 Å². The molecular formula is C13H23Cl2N3OS. The van der Waals surface area contributed by atoms with Gasteiger partial charge in [0.2, 0.25) is 5.91 Å². The number of hydrogen-bond donors (Lipinski definition) is 2. The van der Waals surface area contributed by atoms with Crippen LogP contribution in [-0.4, -0.2) is 24.0 Å². The van der Waals surface area contributed by atoms with Crippen molar-refractivity contribution in [2.24, 2.45) is 5.92 Å². The molecule has 4 nitrogen and oxygen atoms in total. The van der Waals surface area contributed by atoms with Gasteiger partial charge < -0.3 is 10.6 Å². The molecule has 0 aliphatic carbocycles. The van der Waals surface area contributed by atoms with Crippen LogP contribution in [-0.2, 0) is 11.3 Å². The van der Waals surface area contributed by atoms with Crippen LogP contribution in [0.4, 0.5) is 0 Å². The molecule has 1 atom stereocenters. The van der Waals surface area contributed by atoms with Gasteiger partial charge in [-0.15, -0.1) is 36.2 Å². The summed E-state index contributed by atoms with van der Waals surface area (Å²) in [6, 6.07) is 0. The Bertz CT molecular complexity index is 420. The number of aryl methyl sites for hydroxylation is 2. The van der Waals surface area contributed by atoms with Gasteiger partial charge in [0.25, 0.3) is 0 Å². The Morgan fingerprint density at radius 1 is 1.45 bits per heavy atom. The molecule has 1 amide bonds. The van der Waals surface area contributed by atoms with Crippen LogP contribution in [0.5, 0.6) is 0 Å². The van der Waals surface area contributed by atoms with E-state index in [0.29, 0.717) is 18.9 Å². The molecule has 20 heavy (non-hydrogen) atoms. The summed E-state index contributed by atoms with van der Waals surface area (Å²) in [5.41, 5.74) is 1.04. The topological polar surface area (TPSA) is 54.0 Å². The SMILES string of the molecule is Cc1nc(C)c(CNC(=O)CCC2CCNC2)s1.Cl.Cl. The average molecular weight is 340 g/mol. The zero-order valence-electron chi connectivity index (χ0n) is 11.9. The van der Waals surface area contributed by atoms with Crippen molar-refractivity contribution >= 4 is 42.1 Å². The Morgan fingerprint density at radius 2 is 2.20 bits per heavy atom. The fourth-order valence-electron chi connectivity index (χ4n) is 2.30. The minimum absolute atomic E-state index is 0. The molecule has 0 saturated carbocycles. The predicted molar refractivity (Wildman–Crippen MR) is 88.1 cm³/mol. The van der Waals surface area contributed by atoms with E-state index in [4.69, 9.17) is 0 Å². The number of nitrogens with one attached hydrogen (secondary N) is 2. The Labute approximate surface area is 137 Å². The van der Waals surface area contributed by atoms with Gasteiger partial charge in [-0.05, 0) is 45.7 Å². The van der Waals surface area contributed by atoms with Crippen LogP contribution in [0.1, 0.15) is 34.8 Å². The Balaban J connectivity index is 0.00000180. The lowest BCUT2D eigenvalue weighted by atomic mass is 10.0. The Hall–Kier alpha value is -0.360.